The first kappa shape index (κ1) is 12.6. The van der Waals surface area contributed by atoms with E-state index in [1.54, 1.807) is 23.0 Å². The molecular weight excluding hydrogens is 238 g/mol. The molecule has 1 fully saturated rings. The zero-order chi connectivity index (χ0) is 12.3. The zero-order valence-corrected chi connectivity index (χ0v) is 10.8. The first-order valence-corrected chi connectivity index (χ1v) is 7.41. The number of rotatable bonds is 3. The van der Waals surface area contributed by atoms with E-state index in [-0.39, 0.29) is 6.04 Å². The van der Waals surface area contributed by atoms with Crippen LogP contribution in [0, 0.1) is 0 Å². The van der Waals surface area contributed by atoms with Crippen LogP contribution in [0.15, 0.2) is 23.4 Å². The van der Waals surface area contributed by atoms with E-state index in [0.29, 0.717) is 4.90 Å². The van der Waals surface area contributed by atoms with Crippen LogP contribution >= 0.6 is 0 Å². The molecule has 1 aromatic heterocycles. The number of aryl methyl sites for hydroxylation is 1. The Morgan fingerprint density at radius 1 is 1.41 bits per heavy atom. The molecule has 2 N–H and O–H groups in total. The molecule has 17 heavy (non-hydrogen) atoms. The minimum Gasteiger partial charge on any atom is -0.356 e. The number of nitrogens with zero attached hydrogens (tertiary/aromatic N) is 1. The van der Waals surface area contributed by atoms with Crippen LogP contribution in [0.25, 0.3) is 0 Å². The predicted molar refractivity (Wildman–Crippen MR) is 66.2 cm³/mol. The summed E-state index contributed by atoms with van der Waals surface area (Å²) in [6.07, 6.45) is 6.13. The molecule has 96 valence electrons. The van der Waals surface area contributed by atoms with Crippen molar-refractivity contribution in [2.24, 2.45) is 7.05 Å². The van der Waals surface area contributed by atoms with Gasteiger partial charge in [0.1, 0.15) is 0 Å². The van der Waals surface area contributed by atoms with Crippen molar-refractivity contribution in [3.8, 4) is 0 Å². The molecule has 0 bridgehead atoms. The van der Waals surface area contributed by atoms with Gasteiger partial charge in [-0.2, -0.15) is 0 Å². The van der Waals surface area contributed by atoms with Crippen LogP contribution in [0.3, 0.4) is 0 Å². The fourth-order valence-electron chi connectivity index (χ4n) is 2.06. The molecule has 0 amide bonds. The highest BCUT2D eigenvalue weighted by molar-refractivity contribution is 7.89. The summed E-state index contributed by atoms with van der Waals surface area (Å²) in [5.41, 5.74) is 0. The number of aromatic nitrogens is 1. The van der Waals surface area contributed by atoms with Crippen molar-refractivity contribution in [1.29, 1.82) is 0 Å². The summed E-state index contributed by atoms with van der Waals surface area (Å²) in [5, 5.41) is 3.27. The van der Waals surface area contributed by atoms with E-state index in [0.717, 1.165) is 32.4 Å². The maximum absolute atomic E-state index is 12.1. The molecule has 5 nitrogen and oxygen atoms in total. The minimum absolute atomic E-state index is 0.0511. The Labute approximate surface area is 102 Å². The van der Waals surface area contributed by atoms with Gasteiger partial charge in [0.2, 0.25) is 10.0 Å². The molecule has 1 atom stereocenters. The Morgan fingerprint density at radius 3 is 2.94 bits per heavy atom. The largest absolute Gasteiger partial charge is 0.356 e. The summed E-state index contributed by atoms with van der Waals surface area (Å²) in [6.45, 7) is 1.85. The van der Waals surface area contributed by atoms with Gasteiger partial charge in [-0.1, -0.05) is 0 Å². The molecule has 1 aliphatic heterocycles. The second-order valence-electron chi connectivity index (χ2n) is 4.51. The average Bonchev–Trinajstić information content (AvgIpc) is 2.55. The van der Waals surface area contributed by atoms with Crippen molar-refractivity contribution in [2.75, 3.05) is 13.1 Å². The third-order valence-electron chi connectivity index (χ3n) is 3.01. The van der Waals surface area contributed by atoms with Crippen molar-refractivity contribution in [3.05, 3.63) is 18.5 Å². The van der Waals surface area contributed by atoms with Gasteiger partial charge in [-0.3, -0.25) is 0 Å². The lowest BCUT2D eigenvalue weighted by atomic mass is 10.1. The molecule has 0 aliphatic carbocycles. The molecule has 0 aromatic carbocycles. The first-order valence-electron chi connectivity index (χ1n) is 5.93. The number of hydrogen-bond acceptors (Lipinski definition) is 3. The SMILES string of the molecule is Cn1ccc(S(=O)(=O)NC2CCCNCC2)c1. The lowest BCUT2D eigenvalue weighted by Crippen LogP contribution is -2.35. The van der Waals surface area contributed by atoms with Gasteiger partial charge >= 0.3 is 0 Å². The smallest absolute Gasteiger partial charge is 0.242 e. The lowest BCUT2D eigenvalue weighted by molar-refractivity contribution is 0.518. The number of nitrogens with one attached hydrogen (secondary N) is 2. The second kappa shape index (κ2) is 5.20. The second-order valence-corrected chi connectivity index (χ2v) is 6.23. The summed E-state index contributed by atoms with van der Waals surface area (Å²) in [5.74, 6) is 0. The summed E-state index contributed by atoms with van der Waals surface area (Å²) in [4.78, 5) is 0.345. The van der Waals surface area contributed by atoms with E-state index in [9.17, 15) is 8.42 Å². The Kier molecular flexibility index (Phi) is 3.86. The molecule has 0 saturated carbocycles. The maximum Gasteiger partial charge on any atom is 0.242 e. The van der Waals surface area contributed by atoms with Crippen LogP contribution in [0.5, 0.6) is 0 Å². The van der Waals surface area contributed by atoms with Crippen LogP contribution in [-0.2, 0) is 17.1 Å². The highest BCUT2D eigenvalue weighted by atomic mass is 32.2. The third-order valence-corrected chi connectivity index (χ3v) is 4.52. The van der Waals surface area contributed by atoms with E-state index >= 15 is 0 Å². The van der Waals surface area contributed by atoms with Gasteiger partial charge in [0.15, 0.2) is 0 Å². The maximum atomic E-state index is 12.1. The molecular formula is C11H19N3O2S. The number of hydrogen-bond donors (Lipinski definition) is 2. The van der Waals surface area contributed by atoms with Gasteiger partial charge in [0.25, 0.3) is 0 Å². The predicted octanol–water partition coefficient (Wildman–Crippen LogP) is 0.445. The highest BCUT2D eigenvalue weighted by Crippen LogP contribution is 2.12. The average molecular weight is 257 g/mol. The molecule has 0 radical (unpaired) electrons. The van der Waals surface area contributed by atoms with E-state index in [1.807, 2.05) is 7.05 Å². The van der Waals surface area contributed by atoms with E-state index in [2.05, 4.69) is 10.0 Å². The van der Waals surface area contributed by atoms with Gasteiger partial charge in [0, 0.05) is 25.5 Å². The molecule has 2 rings (SSSR count). The van der Waals surface area contributed by atoms with Crippen LogP contribution in [0.2, 0.25) is 0 Å². The number of sulfonamides is 1. The van der Waals surface area contributed by atoms with E-state index in [1.165, 1.54) is 0 Å². The van der Waals surface area contributed by atoms with Crippen LogP contribution in [0.1, 0.15) is 19.3 Å². The Bertz CT molecular complexity index is 459. The standard InChI is InChI=1S/C11H19N3O2S/c1-14-8-5-11(9-14)17(15,16)13-10-3-2-6-12-7-4-10/h5,8-10,12-13H,2-4,6-7H2,1H3. The van der Waals surface area contributed by atoms with Crippen molar-refractivity contribution >= 4 is 10.0 Å². The van der Waals surface area contributed by atoms with Gasteiger partial charge < -0.3 is 9.88 Å². The van der Waals surface area contributed by atoms with Crippen molar-refractivity contribution < 1.29 is 8.42 Å². The Balaban J connectivity index is 2.06. The van der Waals surface area contributed by atoms with Gasteiger partial charge in [0.05, 0.1) is 4.90 Å². The molecule has 1 unspecified atom stereocenters. The third kappa shape index (κ3) is 3.31. The summed E-state index contributed by atoms with van der Waals surface area (Å²) < 4.78 is 28.7. The van der Waals surface area contributed by atoms with Crippen LogP contribution in [0.4, 0.5) is 0 Å². The van der Waals surface area contributed by atoms with Crippen molar-refractivity contribution in [1.82, 2.24) is 14.6 Å². The monoisotopic (exact) mass is 257 g/mol. The molecule has 1 saturated heterocycles. The summed E-state index contributed by atoms with van der Waals surface area (Å²) in [6, 6.07) is 1.67. The Hall–Kier alpha value is -0.850. The van der Waals surface area contributed by atoms with E-state index < -0.39 is 10.0 Å². The summed E-state index contributed by atoms with van der Waals surface area (Å²) >= 11 is 0. The van der Waals surface area contributed by atoms with Gasteiger partial charge in [-0.15, -0.1) is 0 Å². The van der Waals surface area contributed by atoms with Crippen molar-refractivity contribution in [3.63, 3.8) is 0 Å². The fourth-order valence-corrected chi connectivity index (χ4v) is 3.42. The summed E-state index contributed by atoms with van der Waals surface area (Å²) in [7, 11) is -1.54. The fraction of sp³-hybridized carbons (Fsp3) is 0.636. The molecule has 1 aliphatic rings. The Morgan fingerprint density at radius 2 is 2.24 bits per heavy atom. The normalized spacial score (nSPS) is 22.3. The quantitative estimate of drug-likeness (QED) is 0.826. The first-order chi connectivity index (χ1) is 8.08. The molecule has 1 aromatic rings. The van der Waals surface area contributed by atoms with Gasteiger partial charge in [-0.25, -0.2) is 13.1 Å². The zero-order valence-electron chi connectivity index (χ0n) is 10.0. The van der Waals surface area contributed by atoms with E-state index in [4.69, 9.17) is 0 Å². The van der Waals surface area contributed by atoms with Crippen LogP contribution in [-0.4, -0.2) is 32.1 Å². The lowest BCUT2D eigenvalue weighted by Gasteiger charge is -2.15. The van der Waals surface area contributed by atoms with Crippen molar-refractivity contribution in [2.45, 2.75) is 30.2 Å². The molecule has 6 heteroatoms. The topological polar surface area (TPSA) is 63.1 Å². The van der Waals surface area contributed by atoms with Crippen LogP contribution < -0.4 is 10.0 Å². The minimum atomic E-state index is -3.35. The van der Waals surface area contributed by atoms with Gasteiger partial charge in [-0.05, 0) is 38.4 Å². The molecule has 2 heterocycles. The molecule has 0 spiro atoms. The highest BCUT2D eigenvalue weighted by Gasteiger charge is 2.21.